The van der Waals surface area contributed by atoms with Gasteiger partial charge in [-0.2, -0.15) is 17.5 Å². The molecule has 0 atom stereocenters. The zero-order valence-electron chi connectivity index (χ0n) is 13.9. The van der Waals surface area contributed by atoms with Gasteiger partial charge >= 0.3 is 6.18 Å². The lowest BCUT2D eigenvalue weighted by molar-refractivity contribution is -0.140. The Bertz CT molecular complexity index is 933. The van der Waals surface area contributed by atoms with Crippen molar-refractivity contribution in [2.24, 2.45) is 4.99 Å². The molecule has 2 heterocycles. The van der Waals surface area contributed by atoms with Crippen LogP contribution in [-0.4, -0.2) is 43.1 Å². The Balaban J connectivity index is 1.89. The fraction of sp³-hybridized carbons (Fsp3) is 0.375. The van der Waals surface area contributed by atoms with Crippen LogP contribution in [0.2, 0.25) is 0 Å². The monoisotopic (exact) mass is 405 g/mol. The summed E-state index contributed by atoms with van der Waals surface area (Å²) in [5, 5.41) is 3.24. The van der Waals surface area contributed by atoms with Crippen molar-refractivity contribution in [2.45, 2.75) is 24.6 Å². The molecule has 1 N–H and O–H groups in total. The van der Waals surface area contributed by atoms with Gasteiger partial charge in [-0.05, 0) is 31.0 Å². The maximum atomic E-state index is 13.4. The number of alkyl halides is 3. The zero-order chi connectivity index (χ0) is 20.0. The van der Waals surface area contributed by atoms with Crippen molar-refractivity contribution in [3.63, 3.8) is 0 Å². The van der Waals surface area contributed by atoms with Crippen molar-refractivity contribution in [3.05, 3.63) is 47.1 Å². The molecular weight excluding hydrogens is 390 g/mol. The quantitative estimate of drug-likeness (QED) is 0.782. The molecule has 0 radical (unpaired) electrons. The molecule has 1 fully saturated rings. The van der Waals surface area contributed by atoms with E-state index in [9.17, 15) is 30.8 Å². The minimum absolute atomic E-state index is 0.0236. The molecule has 1 spiro atoms. The molecule has 27 heavy (non-hydrogen) atoms. The lowest BCUT2D eigenvalue weighted by Gasteiger charge is -2.33. The van der Waals surface area contributed by atoms with E-state index in [1.54, 1.807) is 0 Å². The molecule has 11 heteroatoms. The molecule has 1 aromatic rings. The summed E-state index contributed by atoms with van der Waals surface area (Å²) in [5.41, 5.74) is -2.78. The summed E-state index contributed by atoms with van der Waals surface area (Å²) < 4.78 is 76.9. The number of hydrogen-bond acceptors (Lipinski definition) is 4. The highest BCUT2D eigenvalue weighted by Crippen LogP contribution is 2.34. The maximum Gasteiger partial charge on any atom is 0.419 e. The van der Waals surface area contributed by atoms with Crippen molar-refractivity contribution in [2.75, 3.05) is 13.1 Å². The number of hydrogen-bond donors (Lipinski definition) is 1. The van der Waals surface area contributed by atoms with E-state index in [1.807, 2.05) is 0 Å². The fourth-order valence-corrected chi connectivity index (χ4v) is 4.00. The molecular formula is C16H15F4N3O3S. The van der Waals surface area contributed by atoms with E-state index >= 15 is 0 Å². The summed E-state index contributed by atoms with van der Waals surface area (Å²) in [6.07, 6.45) is -4.74. The largest absolute Gasteiger partial charge is 0.419 e. The van der Waals surface area contributed by atoms with Gasteiger partial charge in [-0.15, -0.1) is 0 Å². The number of rotatable bonds is 3. The predicted molar refractivity (Wildman–Crippen MR) is 88.7 cm³/mol. The van der Waals surface area contributed by atoms with Gasteiger partial charge in [-0.1, -0.05) is 6.58 Å². The van der Waals surface area contributed by atoms with Crippen molar-refractivity contribution in [1.29, 1.82) is 0 Å². The number of amides is 1. The molecule has 2 aliphatic rings. The van der Waals surface area contributed by atoms with Crippen molar-refractivity contribution < 1.29 is 30.8 Å². The third kappa shape index (κ3) is 3.48. The summed E-state index contributed by atoms with van der Waals surface area (Å²) >= 11 is 0. The normalized spacial score (nSPS) is 20.4. The lowest BCUT2D eigenvalue weighted by atomic mass is 9.89. The number of carbonyl (C=O) groups excluding carboxylic acids is 1. The Morgan fingerprint density at radius 1 is 1.26 bits per heavy atom. The van der Waals surface area contributed by atoms with Gasteiger partial charge < -0.3 is 5.32 Å². The molecule has 3 rings (SSSR count). The first-order valence-electron chi connectivity index (χ1n) is 7.89. The van der Waals surface area contributed by atoms with Crippen LogP contribution in [0, 0.1) is 5.82 Å². The van der Waals surface area contributed by atoms with E-state index in [-0.39, 0.29) is 37.3 Å². The Morgan fingerprint density at radius 3 is 2.44 bits per heavy atom. The number of piperidine rings is 1. The van der Waals surface area contributed by atoms with Crippen LogP contribution in [-0.2, 0) is 21.0 Å². The van der Waals surface area contributed by atoms with Gasteiger partial charge in [-0.3, -0.25) is 9.79 Å². The molecule has 146 valence electrons. The average molecular weight is 405 g/mol. The van der Waals surface area contributed by atoms with E-state index in [2.05, 4.69) is 16.9 Å². The summed E-state index contributed by atoms with van der Waals surface area (Å²) in [4.78, 5) is 16.6. The number of carbonyl (C=O) groups is 1. The smallest absolute Gasteiger partial charge is 0.308 e. The van der Waals surface area contributed by atoms with E-state index in [0.29, 0.717) is 12.1 Å². The molecule has 1 saturated heterocycles. The van der Waals surface area contributed by atoms with Crippen LogP contribution in [0.5, 0.6) is 0 Å². The van der Waals surface area contributed by atoms with Gasteiger partial charge in [0.15, 0.2) is 0 Å². The van der Waals surface area contributed by atoms with Gasteiger partial charge in [0, 0.05) is 24.1 Å². The molecule has 0 bridgehead atoms. The topological polar surface area (TPSA) is 78.8 Å². The van der Waals surface area contributed by atoms with E-state index in [4.69, 9.17) is 0 Å². The second-order valence-electron chi connectivity index (χ2n) is 6.25. The molecule has 6 nitrogen and oxygen atoms in total. The molecule has 0 saturated carbocycles. The first-order chi connectivity index (χ1) is 12.5. The number of halogens is 4. The van der Waals surface area contributed by atoms with Crippen LogP contribution in [0.15, 0.2) is 35.2 Å². The molecule has 0 aliphatic carbocycles. The van der Waals surface area contributed by atoms with Crippen molar-refractivity contribution in [3.8, 4) is 0 Å². The lowest BCUT2D eigenvalue weighted by Crippen LogP contribution is -2.50. The number of benzene rings is 1. The Morgan fingerprint density at radius 2 is 1.89 bits per heavy atom. The second-order valence-corrected chi connectivity index (χ2v) is 8.13. The molecule has 1 amide bonds. The van der Waals surface area contributed by atoms with Crippen LogP contribution < -0.4 is 5.32 Å². The third-order valence-corrected chi connectivity index (χ3v) is 6.15. The second kappa shape index (κ2) is 6.41. The van der Waals surface area contributed by atoms with E-state index < -0.39 is 39.0 Å². The predicted octanol–water partition coefficient (Wildman–Crippen LogP) is 2.03. The first kappa shape index (κ1) is 19.5. The van der Waals surface area contributed by atoms with Crippen molar-refractivity contribution in [1.82, 2.24) is 9.62 Å². The van der Waals surface area contributed by atoms with Crippen LogP contribution in [0.1, 0.15) is 24.0 Å². The van der Waals surface area contributed by atoms with Crippen LogP contribution in [0.3, 0.4) is 0 Å². The molecule has 0 aromatic heterocycles. The molecule has 2 aliphatic heterocycles. The summed E-state index contributed by atoms with van der Waals surface area (Å²) in [6.45, 7) is 3.29. The Labute approximate surface area is 152 Å². The number of sulfonamides is 1. The minimum Gasteiger partial charge on any atom is -0.308 e. The Hall–Kier alpha value is -2.27. The number of aliphatic imine (C=N–C) groups is 1. The minimum atomic E-state index is -4.88. The maximum absolute atomic E-state index is 13.4. The van der Waals surface area contributed by atoms with Crippen LogP contribution >= 0.6 is 0 Å². The fourth-order valence-electron chi connectivity index (χ4n) is 3.10. The highest BCUT2D eigenvalue weighted by molar-refractivity contribution is 7.92. The highest BCUT2D eigenvalue weighted by atomic mass is 32.2. The van der Waals surface area contributed by atoms with Gasteiger partial charge in [0.05, 0.1) is 5.56 Å². The van der Waals surface area contributed by atoms with E-state index in [1.165, 1.54) is 0 Å². The van der Waals surface area contributed by atoms with Gasteiger partial charge in [0.1, 0.15) is 17.2 Å². The van der Waals surface area contributed by atoms with Gasteiger partial charge in [-0.25, -0.2) is 12.8 Å². The summed E-state index contributed by atoms with van der Waals surface area (Å²) in [7, 11) is -3.63. The summed E-state index contributed by atoms with van der Waals surface area (Å²) in [5.74, 6) is -2.04. The highest BCUT2D eigenvalue weighted by Gasteiger charge is 2.47. The molecule has 0 unspecified atom stereocenters. The zero-order valence-corrected chi connectivity index (χ0v) is 14.7. The first-order valence-corrected chi connectivity index (χ1v) is 9.40. The summed E-state index contributed by atoms with van der Waals surface area (Å²) in [6, 6.07) is 2.35. The van der Waals surface area contributed by atoms with Crippen LogP contribution in [0.4, 0.5) is 17.6 Å². The van der Waals surface area contributed by atoms with Crippen LogP contribution in [0.25, 0.3) is 0 Å². The number of nitrogens with zero attached hydrogens (tertiary/aromatic N) is 2. The third-order valence-electron chi connectivity index (χ3n) is 4.65. The van der Waals surface area contributed by atoms with Crippen molar-refractivity contribution >= 4 is 21.8 Å². The Kier molecular flexibility index (Phi) is 4.63. The van der Waals surface area contributed by atoms with Gasteiger partial charge in [0.2, 0.25) is 10.0 Å². The van der Waals surface area contributed by atoms with E-state index in [0.717, 1.165) is 15.8 Å². The number of nitrogens with one attached hydrogen (secondary N) is 1. The molecule has 1 aromatic carbocycles. The average Bonchev–Trinajstić information content (AvgIpc) is 2.91. The number of amidine groups is 1. The SMILES string of the molecule is C=CS(=O)(=O)N1CCC2(CC1)N=C(c1ccc(F)c(C(F)(F)F)c1)NC2=O. The van der Waals surface area contributed by atoms with Gasteiger partial charge in [0.25, 0.3) is 5.91 Å². The standard InChI is InChI=1S/C16H15F4N3O3S/c1-2-27(25,26)23-7-5-15(6-8-23)14(24)21-13(22-15)10-3-4-12(17)11(9-10)16(18,19)20/h2-4,9H,1,5-8H2,(H,21,22,24).